The minimum absolute atomic E-state index is 0.227. The Morgan fingerprint density at radius 2 is 1.83 bits per heavy atom. The Bertz CT molecular complexity index is 623. The lowest BCUT2D eigenvalue weighted by Gasteiger charge is -2.01. The first kappa shape index (κ1) is 12.0. The van der Waals surface area contributed by atoms with Crippen LogP contribution < -0.4 is 5.73 Å². The summed E-state index contributed by atoms with van der Waals surface area (Å²) < 4.78 is 0. The van der Waals surface area contributed by atoms with Crippen LogP contribution >= 0.6 is 0 Å². The van der Waals surface area contributed by atoms with E-state index in [1.54, 1.807) is 42.5 Å². The van der Waals surface area contributed by atoms with Gasteiger partial charge in [0.05, 0.1) is 5.57 Å². The second kappa shape index (κ2) is 5.26. The van der Waals surface area contributed by atoms with Crippen molar-refractivity contribution >= 4 is 11.6 Å². The highest BCUT2D eigenvalue weighted by atomic mass is 16.2. The van der Waals surface area contributed by atoms with Gasteiger partial charge in [0.1, 0.15) is 0 Å². The number of carbonyl (C=O) groups is 2. The van der Waals surface area contributed by atoms with E-state index in [2.05, 4.69) is 11.5 Å². The summed E-state index contributed by atoms with van der Waals surface area (Å²) >= 11 is 0. The average molecular weight is 237 g/mol. The molecular weight excluding hydrogens is 226 g/mol. The van der Waals surface area contributed by atoms with Crippen molar-refractivity contribution in [3.63, 3.8) is 0 Å². The normalized spacial score (nSPS) is 12.4. The predicted molar refractivity (Wildman–Crippen MR) is 67.9 cm³/mol. The first-order valence-corrected chi connectivity index (χ1v) is 5.49. The maximum atomic E-state index is 11.9. The summed E-state index contributed by atoms with van der Waals surface area (Å²) in [6.07, 6.45) is 4.82. The number of rotatable bonds is 4. The van der Waals surface area contributed by atoms with Crippen LogP contribution in [0.4, 0.5) is 0 Å². The Hall–Kier alpha value is -2.44. The van der Waals surface area contributed by atoms with Crippen molar-refractivity contribution in [2.45, 2.75) is 6.54 Å². The number of Topliss-reactive ketones (excluding diaryl/α,β-unsaturated/α-hetero) is 2. The largest absolute Gasteiger partial charge is 0.326 e. The fraction of sp³-hybridized carbons (Fsp3) is 0.0667. The lowest BCUT2D eigenvalue weighted by atomic mass is 10.00. The van der Waals surface area contributed by atoms with Crippen molar-refractivity contribution in [1.29, 1.82) is 0 Å². The topological polar surface area (TPSA) is 60.2 Å². The first-order valence-electron chi connectivity index (χ1n) is 5.49. The molecule has 0 saturated carbocycles. The number of ketones is 2. The quantitative estimate of drug-likeness (QED) is 0.492. The number of allylic oxidation sites excluding steroid dienone is 4. The number of carbonyl (C=O) groups excluding carboxylic acids is 2. The van der Waals surface area contributed by atoms with Gasteiger partial charge in [-0.3, -0.25) is 9.59 Å². The molecule has 1 aromatic carbocycles. The minimum atomic E-state index is -0.577. The van der Waals surface area contributed by atoms with E-state index in [0.717, 1.165) is 5.56 Å². The molecule has 0 spiro atoms. The number of benzene rings is 1. The molecule has 0 saturated heterocycles. The van der Waals surface area contributed by atoms with Gasteiger partial charge in [0, 0.05) is 12.1 Å². The van der Waals surface area contributed by atoms with Crippen LogP contribution in [0.25, 0.3) is 0 Å². The van der Waals surface area contributed by atoms with Crippen molar-refractivity contribution in [3.05, 3.63) is 70.7 Å². The van der Waals surface area contributed by atoms with Crippen molar-refractivity contribution < 1.29 is 9.59 Å². The third-order valence-corrected chi connectivity index (χ3v) is 2.55. The summed E-state index contributed by atoms with van der Waals surface area (Å²) in [6, 6.07) is 6.69. The summed E-state index contributed by atoms with van der Waals surface area (Å²) in [6.45, 7) is 0.407. The van der Waals surface area contributed by atoms with E-state index in [9.17, 15) is 9.59 Å². The van der Waals surface area contributed by atoms with Crippen molar-refractivity contribution in [2.75, 3.05) is 0 Å². The Morgan fingerprint density at radius 1 is 1.11 bits per heavy atom. The zero-order chi connectivity index (χ0) is 13.0. The predicted octanol–water partition coefficient (Wildman–Crippen LogP) is 1.70. The van der Waals surface area contributed by atoms with Crippen molar-refractivity contribution in [3.8, 4) is 0 Å². The van der Waals surface area contributed by atoms with Gasteiger partial charge in [0.2, 0.25) is 11.6 Å². The minimum Gasteiger partial charge on any atom is -0.326 e. The van der Waals surface area contributed by atoms with Gasteiger partial charge < -0.3 is 5.73 Å². The molecule has 0 radical (unpaired) electrons. The smallest absolute Gasteiger partial charge is 0.241 e. The van der Waals surface area contributed by atoms with Crippen LogP contribution in [-0.2, 0) is 11.3 Å². The van der Waals surface area contributed by atoms with Crippen LogP contribution in [0.5, 0.6) is 0 Å². The third-order valence-electron chi connectivity index (χ3n) is 2.55. The summed E-state index contributed by atoms with van der Waals surface area (Å²) in [7, 11) is 0. The van der Waals surface area contributed by atoms with E-state index in [-0.39, 0.29) is 5.57 Å². The molecular formula is C15H11NO2. The molecule has 0 atom stereocenters. The molecule has 88 valence electrons. The van der Waals surface area contributed by atoms with Crippen molar-refractivity contribution in [1.82, 2.24) is 0 Å². The van der Waals surface area contributed by atoms with Crippen LogP contribution in [0.3, 0.4) is 0 Å². The molecule has 0 bridgehead atoms. The lowest BCUT2D eigenvalue weighted by molar-refractivity contribution is -0.111. The number of nitrogens with two attached hydrogens (primary N) is 1. The second-order valence-corrected chi connectivity index (χ2v) is 3.77. The highest BCUT2D eigenvalue weighted by Gasteiger charge is 2.19. The van der Waals surface area contributed by atoms with E-state index in [4.69, 9.17) is 5.73 Å². The standard InChI is InChI=1S/C15H11NO2/c16-10-11-6-8-13(9-7-11)15(18)14(17)12-4-2-1-3-5-12/h1-2,4,6-9H,10,16H2. The summed E-state index contributed by atoms with van der Waals surface area (Å²) in [5, 5.41) is 0. The van der Waals surface area contributed by atoms with E-state index >= 15 is 0 Å². The third kappa shape index (κ3) is 2.45. The Morgan fingerprint density at radius 3 is 2.39 bits per heavy atom. The van der Waals surface area contributed by atoms with Gasteiger partial charge in [0.15, 0.2) is 0 Å². The molecule has 18 heavy (non-hydrogen) atoms. The van der Waals surface area contributed by atoms with Gasteiger partial charge in [-0.1, -0.05) is 41.8 Å². The molecule has 0 fully saturated rings. The number of hydrogen-bond acceptors (Lipinski definition) is 3. The maximum absolute atomic E-state index is 11.9. The SMILES string of the molecule is NCc1ccc(C(=O)C(=O)C2=C=C=CC=C2)cc1. The highest BCUT2D eigenvalue weighted by Crippen LogP contribution is 2.09. The fourth-order valence-electron chi connectivity index (χ4n) is 1.53. The van der Waals surface area contributed by atoms with E-state index in [1.165, 1.54) is 0 Å². The van der Waals surface area contributed by atoms with Gasteiger partial charge in [-0.2, -0.15) is 0 Å². The molecule has 0 amide bonds. The summed E-state index contributed by atoms with van der Waals surface area (Å²) in [5.41, 5.74) is 12.2. The van der Waals surface area contributed by atoms with Crippen LogP contribution in [0, 0.1) is 0 Å². The monoisotopic (exact) mass is 237 g/mol. The zero-order valence-electron chi connectivity index (χ0n) is 9.64. The van der Waals surface area contributed by atoms with Gasteiger partial charge >= 0.3 is 0 Å². The molecule has 0 aliphatic heterocycles. The number of hydrogen-bond donors (Lipinski definition) is 1. The van der Waals surface area contributed by atoms with Gasteiger partial charge in [0.25, 0.3) is 0 Å². The summed E-state index contributed by atoms with van der Waals surface area (Å²) in [5.74, 6) is -1.12. The molecule has 0 unspecified atom stereocenters. The molecule has 1 aliphatic carbocycles. The Labute approximate surface area is 105 Å². The maximum Gasteiger partial charge on any atom is 0.241 e. The van der Waals surface area contributed by atoms with Crippen LogP contribution in [0.2, 0.25) is 0 Å². The fourth-order valence-corrected chi connectivity index (χ4v) is 1.53. The molecule has 0 heterocycles. The van der Waals surface area contributed by atoms with Gasteiger partial charge in [-0.25, -0.2) is 0 Å². The molecule has 1 aliphatic rings. The lowest BCUT2D eigenvalue weighted by Crippen LogP contribution is -2.15. The molecule has 2 N–H and O–H groups in total. The molecule has 2 rings (SSSR count). The summed E-state index contributed by atoms with van der Waals surface area (Å²) in [4.78, 5) is 23.8. The van der Waals surface area contributed by atoms with E-state index in [0.29, 0.717) is 12.1 Å². The zero-order valence-corrected chi connectivity index (χ0v) is 9.64. The van der Waals surface area contributed by atoms with Gasteiger partial charge in [-0.05, 0) is 17.7 Å². The van der Waals surface area contributed by atoms with Crippen LogP contribution in [-0.4, -0.2) is 11.6 Å². The van der Waals surface area contributed by atoms with Crippen LogP contribution in [0.15, 0.2) is 59.5 Å². The molecule has 3 heteroatoms. The Balaban J connectivity index is 2.26. The first-order chi connectivity index (χ1) is 8.72. The second-order valence-electron chi connectivity index (χ2n) is 3.77. The van der Waals surface area contributed by atoms with E-state index in [1.807, 2.05) is 0 Å². The van der Waals surface area contributed by atoms with Crippen LogP contribution in [0.1, 0.15) is 15.9 Å². The van der Waals surface area contributed by atoms with E-state index < -0.39 is 11.6 Å². The molecule has 0 aromatic heterocycles. The van der Waals surface area contributed by atoms with Crippen molar-refractivity contribution in [2.24, 2.45) is 5.73 Å². The Kier molecular flexibility index (Phi) is 3.52. The highest BCUT2D eigenvalue weighted by molar-refractivity contribution is 6.49. The molecule has 3 nitrogen and oxygen atoms in total. The van der Waals surface area contributed by atoms with Gasteiger partial charge in [-0.15, -0.1) is 0 Å². The average Bonchev–Trinajstić information content (AvgIpc) is 2.47. The molecule has 1 aromatic rings.